The van der Waals surface area contributed by atoms with E-state index in [4.69, 9.17) is 18.0 Å². The number of nitrogen functional groups attached to an aromatic ring is 1. The maximum absolute atomic E-state index is 5.60. The van der Waals surface area contributed by atoms with E-state index in [1.807, 2.05) is 6.92 Å². The van der Waals surface area contributed by atoms with Crippen molar-refractivity contribution in [2.24, 2.45) is 0 Å². The molecule has 1 heterocycles. The Labute approximate surface area is 69.8 Å². The summed E-state index contributed by atoms with van der Waals surface area (Å²) in [5, 5.41) is 2.89. The van der Waals surface area contributed by atoms with Crippen molar-refractivity contribution in [2.45, 2.75) is 6.92 Å². The Balaban J connectivity index is 3.36. The molecular weight excluding hydrogens is 160 g/mol. The van der Waals surface area contributed by atoms with Crippen molar-refractivity contribution in [3.63, 3.8) is 0 Å². The van der Waals surface area contributed by atoms with Gasteiger partial charge in [0.15, 0.2) is 4.64 Å². The van der Waals surface area contributed by atoms with Gasteiger partial charge in [-0.25, -0.2) is 4.98 Å². The highest BCUT2D eigenvalue weighted by Crippen LogP contribution is 2.13. The smallest absolute Gasteiger partial charge is 0.154 e. The summed E-state index contributed by atoms with van der Waals surface area (Å²) in [4.78, 5) is 6.93. The third-order valence-corrected chi connectivity index (χ3v) is 1.64. The number of aromatic nitrogens is 2. The van der Waals surface area contributed by atoms with Gasteiger partial charge < -0.3 is 16.0 Å². The van der Waals surface area contributed by atoms with Crippen LogP contribution in [0.3, 0.4) is 0 Å². The first kappa shape index (κ1) is 8.00. The Morgan fingerprint density at radius 3 is 2.82 bits per heavy atom. The monoisotopic (exact) mass is 170 g/mol. The van der Waals surface area contributed by atoms with Gasteiger partial charge >= 0.3 is 0 Å². The molecule has 0 unspecified atom stereocenters. The third kappa shape index (κ3) is 1.48. The zero-order chi connectivity index (χ0) is 8.43. The van der Waals surface area contributed by atoms with Crippen molar-refractivity contribution in [1.82, 2.24) is 9.97 Å². The lowest BCUT2D eigenvalue weighted by Crippen LogP contribution is -2.02. The second kappa shape index (κ2) is 2.87. The van der Waals surface area contributed by atoms with Crippen molar-refractivity contribution < 1.29 is 0 Å². The molecule has 0 amide bonds. The number of nitrogens with zero attached hydrogens (tertiary/aromatic N) is 1. The first-order valence-corrected chi connectivity index (χ1v) is 3.60. The molecule has 11 heavy (non-hydrogen) atoms. The Morgan fingerprint density at radius 1 is 1.64 bits per heavy atom. The van der Waals surface area contributed by atoms with E-state index in [2.05, 4.69) is 15.3 Å². The van der Waals surface area contributed by atoms with Crippen LogP contribution in [0, 0.1) is 11.6 Å². The second-order valence-corrected chi connectivity index (χ2v) is 2.55. The molecule has 1 aromatic heterocycles. The third-order valence-electron chi connectivity index (χ3n) is 1.32. The molecular formula is C6H10N4S. The molecule has 0 aliphatic rings. The molecule has 4 N–H and O–H groups in total. The van der Waals surface area contributed by atoms with Gasteiger partial charge in [-0.05, 0) is 6.92 Å². The lowest BCUT2D eigenvalue weighted by molar-refractivity contribution is 1.05. The molecule has 0 saturated heterocycles. The molecule has 1 rings (SSSR count). The van der Waals surface area contributed by atoms with Crippen LogP contribution in [0.1, 0.15) is 5.82 Å². The Kier molecular flexibility index (Phi) is 2.09. The summed E-state index contributed by atoms with van der Waals surface area (Å²) in [5.41, 5.74) is 6.10. The summed E-state index contributed by atoms with van der Waals surface area (Å²) in [6.45, 7) is 1.83. The Morgan fingerprint density at radius 2 is 2.27 bits per heavy atom. The van der Waals surface area contributed by atoms with E-state index in [9.17, 15) is 0 Å². The number of hydrogen-bond acceptors (Lipinski definition) is 4. The predicted octanol–water partition coefficient (Wildman–Crippen LogP) is 1.07. The number of hydrogen-bond donors (Lipinski definition) is 3. The van der Waals surface area contributed by atoms with Crippen LogP contribution in [0.2, 0.25) is 0 Å². The number of nitrogens with two attached hydrogens (primary N) is 1. The number of anilines is 2. The standard InChI is InChI=1S/C6H10N4S/c1-3-9-5(8-2)4(7)6(11)10-3/h7H2,1-2H3,(H2,8,9,10,11). The summed E-state index contributed by atoms with van der Waals surface area (Å²) in [6, 6.07) is 0. The van der Waals surface area contributed by atoms with Gasteiger partial charge in [-0.2, -0.15) is 0 Å². The summed E-state index contributed by atoms with van der Waals surface area (Å²) >= 11 is 4.90. The van der Waals surface area contributed by atoms with Crippen LogP contribution in [0.4, 0.5) is 11.5 Å². The number of nitrogens with one attached hydrogen (secondary N) is 2. The fourth-order valence-electron chi connectivity index (χ4n) is 0.793. The zero-order valence-electron chi connectivity index (χ0n) is 6.43. The predicted molar refractivity (Wildman–Crippen MR) is 48.1 cm³/mol. The maximum Gasteiger partial charge on any atom is 0.154 e. The van der Waals surface area contributed by atoms with Crippen molar-refractivity contribution in [3.05, 3.63) is 10.5 Å². The lowest BCUT2D eigenvalue weighted by atomic mass is 10.5. The van der Waals surface area contributed by atoms with Crippen LogP contribution < -0.4 is 11.1 Å². The maximum atomic E-state index is 5.60. The van der Waals surface area contributed by atoms with Crippen LogP contribution in [0.15, 0.2) is 0 Å². The van der Waals surface area contributed by atoms with Crippen molar-refractivity contribution in [1.29, 1.82) is 0 Å². The van der Waals surface area contributed by atoms with Crippen LogP contribution in [-0.2, 0) is 0 Å². The van der Waals surface area contributed by atoms with Gasteiger partial charge in [0.1, 0.15) is 17.3 Å². The first-order valence-electron chi connectivity index (χ1n) is 3.19. The molecule has 0 aliphatic heterocycles. The highest BCUT2D eigenvalue weighted by molar-refractivity contribution is 7.71. The topological polar surface area (TPSA) is 66.7 Å². The van der Waals surface area contributed by atoms with Gasteiger partial charge in [0.2, 0.25) is 0 Å². The molecule has 0 bridgehead atoms. The van der Waals surface area contributed by atoms with Crippen LogP contribution in [0.25, 0.3) is 0 Å². The van der Waals surface area contributed by atoms with E-state index in [0.717, 1.165) is 11.6 Å². The Hall–Kier alpha value is -1.10. The highest BCUT2D eigenvalue weighted by atomic mass is 32.1. The number of aryl methyl sites for hydroxylation is 1. The van der Waals surface area contributed by atoms with Crippen molar-refractivity contribution in [3.8, 4) is 0 Å². The fourth-order valence-corrected chi connectivity index (χ4v) is 1.03. The quantitative estimate of drug-likeness (QED) is 0.551. The van der Waals surface area contributed by atoms with Crippen LogP contribution >= 0.6 is 12.2 Å². The van der Waals surface area contributed by atoms with Crippen molar-refractivity contribution in [2.75, 3.05) is 18.1 Å². The summed E-state index contributed by atoms with van der Waals surface area (Å²) < 4.78 is 0.436. The number of H-pyrrole nitrogens is 1. The molecule has 1 aromatic rings. The molecule has 60 valence electrons. The minimum Gasteiger partial charge on any atom is -0.393 e. The van der Waals surface area contributed by atoms with E-state index in [1.165, 1.54) is 0 Å². The van der Waals surface area contributed by atoms with Crippen LogP contribution in [0.5, 0.6) is 0 Å². The number of aromatic amines is 1. The van der Waals surface area contributed by atoms with Gasteiger partial charge in [-0.3, -0.25) is 0 Å². The SMILES string of the molecule is CNc1[nH]c(C)nc(=S)c1N. The molecule has 0 fully saturated rings. The molecule has 0 spiro atoms. The molecule has 0 aliphatic carbocycles. The minimum atomic E-state index is 0.436. The Bertz CT molecular complexity index is 317. The van der Waals surface area contributed by atoms with Gasteiger partial charge in [-0.15, -0.1) is 0 Å². The zero-order valence-corrected chi connectivity index (χ0v) is 7.25. The average molecular weight is 170 g/mol. The van der Waals surface area contributed by atoms with E-state index in [1.54, 1.807) is 7.05 Å². The van der Waals surface area contributed by atoms with Gasteiger partial charge in [0, 0.05) is 7.05 Å². The van der Waals surface area contributed by atoms with Crippen LogP contribution in [-0.4, -0.2) is 17.0 Å². The van der Waals surface area contributed by atoms with E-state index in [-0.39, 0.29) is 0 Å². The summed E-state index contributed by atoms with van der Waals surface area (Å²) in [6.07, 6.45) is 0. The molecule has 0 atom stereocenters. The molecule has 0 radical (unpaired) electrons. The largest absolute Gasteiger partial charge is 0.393 e. The minimum absolute atomic E-state index is 0.436. The van der Waals surface area contributed by atoms with E-state index < -0.39 is 0 Å². The summed E-state index contributed by atoms with van der Waals surface area (Å²) in [5.74, 6) is 1.48. The lowest BCUT2D eigenvalue weighted by Gasteiger charge is -2.04. The van der Waals surface area contributed by atoms with E-state index >= 15 is 0 Å². The van der Waals surface area contributed by atoms with Crippen molar-refractivity contribution >= 4 is 23.7 Å². The molecule has 5 heteroatoms. The normalized spacial score (nSPS) is 9.64. The average Bonchev–Trinajstić information content (AvgIpc) is 1.96. The molecule has 0 saturated carbocycles. The van der Waals surface area contributed by atoms with Gasteiger partial charge in [0.25, 0.3) is 0 Å². The second-order valence-electron chi connectivity index (χ2n) is 2.17. The van der Waals surface area contributed by atoms with Gasteiger partial charge in [-0.1, -0.05) is 12.2 Å². The highest BCUT2D eigenvalue weighted by Gasteiger charge is 1.99. The van der Waals surface area contributed by atoms with E-state index in [0.29, 0.717) is 10.3 Å². The van der Waals surface area contributed by atoms with Gasteiger partial charge in [0.05, 0.1) is 0 Å². The first-order chi connectivity index (χ1) is 5.15. The number of rotatable bonds is 1. The molecule has 4 nitrogen and oxygen atoms in total. The fraction of sp³-hybridized carbons (Fsp3) is 0.333. The molecule has 0 aromatic carbocycles. The summed E-state index contributed by atoms with van der Waals surface area (Å²) in [7, 11) is 1.77.